The monoisotopic (exact) mass is 759 g/mol. The van der Waals surface area contributed by atoms with E-state index in [9.17, 15) is 39.3 Å². The third-order valence-corrected chi connectivity index (χ3v) is 15.1. The van der Waals surface area contributed by atoms with E-state index in [1.807, 2.05) is 60.7 Å². The van der Waals surface area contributed by atoms with Crippen LogP contribution in [0.2, 0.25) is 0 Å². The highest BCUT2D eigenvalue weighted by Gasteiger charge is 2.31. The van der Waals surface area contributed by atoms with Gasteiger partial charge in [-0.3, -0.25) is 38.7 Å². The van der Waals surface area contributed by atoms with Gasteiger partial charge in [0.15, 0.2) is 0 Å². The number of benzene rings is 7. The highest BCUT2D eigenvalue weighted by molar-refractivity contribution is 7.96. The van der Waals surface area contributed by atoms with Crippen molar-refractivity contribution in [3.63, 3.8) is 0 Å². The van der Waals surface area contributed by atoms with Gasteiger partial charge in [0.2, 0.25) is 0 Å². The number of H-pyrrole nitrogens is 2. The van der Waals surface area contributed by atoms with Gasteiger partial charge >= 0.3 is 0 Å². The van der Waals surface area contributed by atoms with Gasteiger partial charge in [-0.05, 0) is 96.8 Å². The first-order chi connectivity index (χ1) is 27.6. The zero-order valence-corrected chi connectivity index (χ0v) is 30.2. The van der Waals surface area contributed by atoms with Crippen molar-refractivity contribution in [2.75, 3.05) is 0 Å². The Morgan fingerprint density at radius 2 is 0.737 bits per heavy atom. The van der Waals surface area contributed by atoms with E-state index in [4.69, 9.17) is 0 Å². The van der Waals surface area contributed by atoms with Crippen molar-refractivity contribution in [3.05, 3.63) is 183 Å². The second kappa shape index (κ2) is 12.0. The highest BCUT2D eigenvalue weighted by Crippen LogP contribution is 2.46. The summed E-state index contributed by atoms with van der Waals surface area (Å²) in [5.74, 6) is 0. The molecule has 11 nitrogen and oxygen atoms in total. The molecule has 3 aromatic heterocycles. The molecular formula is C45H22N5O6P. The lowest BCUT2D eigenvalue weighted by molar-refractivity contribution is 0.992. The largest absolute Gasteiger partial charge is 0.288 e. The molecule has 10 aromatic rings. The standard InChI is InChI=1S/C45H22N5O6P/c46-21-27(22-47)57(24-7-3-1-4-8-24,25-9-5-2-6-10-25)26-13-11-23(12-14-26)50-44(55)38-19-32-30-17-36-34(40(51)48-42(36)53)15-28(30)29-16-35-37(43(54)49-41(35)52)18-31(29)33(32)20-39(38)45(50)56/h1-20H,(H,48,51,53)(H,49,52,54). The molecule has 3 heterocycles. The average Bonchev–Trinajstić information content (AvgIpc) is 3.79. The Kier molecular flexibility index (Phi) is 7.08. The first-order valence-electron chi connectivity index (χ1n) is 17.6. The molecule has 0 aliphatic rings. The molecule has 268 valence electrons. The van der Waals surface area contributed by atoms with Gasteiger partial charge in [-0.25, -0.2) is 4.57 Å². The van der Waals surface area contributed by atoms with E-state index in [0.717, 1.165) is 15.2 Å². The van der Waals surface area contributed by atoms with E-state index >= 15 is 0 Å². The number of aromatic nitrogens is 3. The van der Waals surface area contributed by atoms with E-state index in [1.54, 1.807) is 60.7 Å². The summed E-state index contributed by atoms with van der Waals surface area (Å²) in [5, 5.41) is 26.8. The number of aromatic amines is 2. The Morgan fingerprint density at radius 1 is 0.421 bits per heavy atom. The van der Waals surface area contributed by atoms with Crippen LogP contribution in [0.25, 0.3) is 70.3 Å². The molecule has 0 amide bonds. The van der Waals surface area contributed by atoms with E-state index in [1.165, 1.54) is 0 Å². The minimum atomic E-state index is -3.00. The summed E-state index contributed by atoms with van der Waals surface area (Å²) < 4.78 is 1.07. The van der Waals surface area contributed by atoms with E-state index in [-0.39, 0.29) is 43.3 Å². The van der Waals surface area contributed by atoms with Gasteiger partial charge in [-0.1, -0.05) is 72.8 Å². The summed E-state index contributed by atoms with van der Waals surface area (Å²) in [6, 6.07) is 39.2. The molecule has 0 unspecified atom stereocenters. The Bertz CT molecular complexity index is 3680. The van der Waals surface area contributed by atoms with Gasteiger partial charge in [-0.2, -0.15) is 10.5 Å². The van der Waals surface area contributed by atoms with E-state index in [0.29, 0.717) is 37.6 Å². The van der Waals surface area contributed by atoms with Crippen LogP contribution in [0.15, 0.2) is 150 Å². The van der Waals surface area contributed by atoms with Gasteiger partial charge < -0.3 is 0 Å². The van der Waals surface area contributed by atoms with Crippen LogP contribution in [0.3, 0.4) is 0 Å². The molecule has 0 aliphatic carbocycles. The summed E-state index contributed by atoms with van der Waals surface area (Å²) in [4.78, 5) is 84.3. The molecule has 0 spiro atoms. The number of fused-ring (bicyclic) bond motifs is 9. The maximum Gasteiger partial charge on any atom is 0.266 e. The van der Waals surface area contributed by atoms with Crippen LogP contribution in [0.5, 0.6) is 0 Å². The number of nitriles is 2. The summed E-state index contributed by atoms with van der Waals surface area (Å²) in [5.41, 5.74) is -3.23. The molecule has 0 atom stereocenters. The lowest BCUT2D eigenvalue weighted by Gasteiger charge is -2.28. The molecule has 0 saturated heterocycles. The number of hydrogen-bond acceptors (Lipinski definition) is 8. The van der Waals surface area contributed by atoms with E-state index < -0.39 is 40.2 Å². The van der Waals surface area contributed by atoms with E-state index in [2.05, 4.69) is 22.1 Å². The smallest absolute Gasteiger partial charge is 0.266 e. The van der Waals surface area contributed by atoms with Crippen LogP contribution < -0.4 is 49.3 Å². The quantitative estimate of drug-likeness (QED) is 0.199. The van der Waals surface area contributed by atoms with Gasteiger partial charge in [-0.15, -0.1) is 0 Å². The predicted molar refractivity (Wildman–Crippen MR) is 226 cm³/mol. The van der Waals surface area contributed by atoms with Crippen LogP contribution in [-0.2, 0) is 0 Å². The molecule has 57 heavy (non-hydrogen) atoms. The second-order valence-electron chi connectivity index (χ2n) is 13.8. The van der Waals surface area contributed by atoms with Crippen molar-refractivity contribution in [1.82, 2.24) is 14.5 Å². The lowest BCUT2D eigenvalue weighted by Crippen LogP contribution is -2.30. The third-order valence-electron chi connectivity index (χ3n) is 11.0. The second-order valence-corrected chi connectivity index (χ2v) is 17.1. The molecule has 7 aromatic carbocycles. The van der Waals surface area contributed by atoms with Crippen LogP contribution in [0.4, 0.5) is 0 Å². The van der Waals surface area contributed by atoms with Crippen molar-refractivity contribution >= 4 is 92.7 Å². The van der Waals surface area contributed by atoms with Gasteiger partial charge in [0, 0.05) is 6.89 Å². The van der Waals surface area contributed by atoms with Gasteiger partial charge in [0.05, 0.1) is 38.0 Å². The Labute approximate surface area is 318 Å². The van der Waals surface area contributed by atoms with Gasteiger partial charge in [0.1, 0.15) is 17.4 Å². The SMILES string of the molecule is N#CC(C#N)=P(c1ccccc1)(c1ccccc1)c1ccc(-n2c(=O)c3cc4c5cc6c(=O)[nH]c(=O)c6cc5c5cc6c(=O)[nH]c(=O)c6cc5c4cc3c2=O)cc1. The third kappa shape index (κ3) is 4.52. The topological polar surface area (TPSA) is 187 Å². The number of hydrogen-bond donors (Lipinski definition) is 2. The fourth-order valence-electron chi connectivity index (χ4n) is 8.42. The molecule has 0 radical (unpaired) electrons. The molecule has 10 rings (SSSR count). The molecular weight excluding hydrogens is 737 g/mol. The number of nitrogens with zero attached hydrogens (tertiary/aromatic N) is 3. The van der Waals surface area contributed by atoms with Crippen molar-refractivity contribution in [1.29, 1.82) is 10.5 Å². The van der Waals surface area contributed by atoms with Crippen LogP contribution in [0, 0.1) is 22.7 Å². The van der Waals surface area contributed by atoms with Crippen molar-refractivity contribution in [2.45, 2.75) is 0 Å². The first kappa shape index (κ1) is 33.6. The molecule has 0 bridgehead atoms. The molecule has 2 N–H and O–H groups in total. The Hall–Kier alpha value is -7.98. The van der Waals surface area contributed by atoms with Crippen LogP contribution in [0.1, 0.15) is 0 Å². The number of nitrogens with one attached hydrogen (secondary N) is 2. The average molecular weight is 760 g/mol. The maximum atomic E-state index is 14.3. The van der Waals surface area contributed by atoms with Crippen molar-refractivity contribution in [3.8, 4) is 17.8 Å². The minimum absolute atomic E-state index is 0.0412. The van der Waals surface area contributed by atoms with Gasteiger partial charge in [0.25, 0.3) is 33.4 Å². The lowest BCUT2D eigenvalue weighted by atomic mass is 9.91. The summed E-state index contributed by atoms with van der Waals surface area (Å²) in [6.07, 6.45) is 0. The molecule has 12 heteroatoms. The highest BCUT2D eigenvalue weighted by atomic mass is 31.2. The molecule has 0 aliphatic heterocycles. The fraction of sp³-hybridized carbons (Fsp3) is 0. The number of rotatable bonds is 4. The Morgan fingerprint density at radius 3 is 1.07 bits per heavy atom. The predicted octanol–water partition coefficient (Wildman–Crippen LogP) is 4.04. The summed E-state index contributed by atoms with van der Waals surface area (Å²) >= 11 is 0. The molecule has 0 fully saturated rings. The van der Waals surface area contributed by atoms with Crippen molar-refractivity contribution in [2.24, 2.45) is 0 Å². The van der Waals surface area contributed by atoms with Crippen LogP contribution in [-0.4, -0.2) is 19.8 Å². The summed E-state index contributed by atoms with van der Waals surface area (Å²) in [6.45, 7) is -3.00. The normalized spacial score (nSPS) is 11.9. The maximum absolute atomic E-state index is 14.3. The zero-order chi connectivity index (χ0) is 39.3. The minimum Gasteiger partial charge on any atom is -0.288 e. The van der Waals surface area contributed by atoms with Crippen molar-refractivity contribution < 1.29 is 0 Å². The summed E-state index contributed by atoms with van der Waals surface area (Å²) in [7, 11) is 0. The molecule has 0 saturated carbocycles. The Balaban J connectivity index is 1.26. The zero-order valence-electron chi connectivity index (χ0n) is 29.3. The van der Waals surface area contributed by atoms with Crippen LogP contribution >= 0.6 is 6.89 Å². The first-order valence-corrected chi connectivity index (χ1v) is 19.4. The fourth-order valence-corrected chi connectivity index (χ4v) is 12.2.